The molecule has 0 unspecified atom stereocenters. The van der Waals surface area contributed by atoms with Crippen molar-refractivity contribution in [2.75, 3.05) is 32.2 Å². The molecule has 0 radical (unpaired) electrons. The third-order valence-corrected chi connectivity index (χ3v) is 10.5. The monoisotopic (exact) mass is 553 g/mol. The van der Waals surface area contributed by atoms with Crippen molar-refractivity contribution in [3.63, 3.8) is 0 Å². The zero-order valence-corrected chi connectivity index (χ0v) is 24.1. The second-order valence-corrected chi connectivity index (χ2v) is 13.7. The lowest BCUT2D eigenvalue weighted by Gasteiger charge is -2.36. The van der Waals surface area contributed by atoms with E-state index in [1.807, 2.05) is 36.4 Å². The fourth-order valence-electron chi connectivity index (χ4n) is 4.98. The number of unbranched alkanes of at least 4 members (excludes halogenated alkanes) is 1. The highest BCUT2D eigenvalue weighted by Crippen LogP contribution is 2.50. The highest BCUT2D eigenvalue weighted by atomic mass is 32.2. The van der Waals surface area contributed by atoms with E-state index in [-0.39, 0.29) is 24.6 Å². The zero-order valence-electron chi connectivity index (χ0n) is 22.4. The van der Waals surface area contributed by atoms with Crippen molar-refractivity contribution >= 4 is 17.8 Å². The molecule has 0 aromatic heterocycles. The van der Waals surface area contributed by atoms with Gasteiger partial charge in [0, 0.05) is 24.2 Å². The van der Waals surface area contributed by atoms with Crippen molar-refractivity contribution in [2.45, 2.75) is 69.5 Å². The van der Waals surface area contributed by atoms with Crippen molar-refractivity contribution in [3.8, 4) is 5.75 Å². The molecule has 0 aliphatic carbocycles. The summed E-state index contributed by atoms with van der Waals surface area (Å²) in [4.78, 5) is 20.2. The van der Waals surface area contributed by atoms with Crippen LogP contribution in [0.25, 0.3) is 0 Å². The van der Waals surface area contributed by atoms with Gasteiger partial charge >= 0.3 is 7.94 Å². The first-order chi connectivity index (χ1) is 17.6. The van der Waals surface area contributed by atoms with Gasteiger partial charge in [0.05, 0.1) is 30.4 Å². The van der Waals surface area contributed by atoms with Gasteiger partial charge in [-0.1, -0.05) is 57.0 Å². The summed E-state index contributed by atoms with van der Waals surface area (Å²) in [6, 6.07) is 13.2. The Morgan fingerprint density at radius 1 is 1.16 bits per heavy atom. The molecule has 1 heterocycles. The molecular formula is C27H42N2O6PS+. The van der Waals surface area contributed by atoms with Crippen LogP contribution in [-0.4, -0.2) is 55.9 Å². The molecule has 0 saturated carbocycles. The van der Waals surface area contributed by atoms with Gasteiger partial charge in [-0.15, -0.1) is 0 Å². The van der Waals surface area contributed by atoms with Crippen LogP contribution < -0.4 is 15.4 Å². The molecular weight excluding hydrogens is 511 g/mol. The molecule has 2 aromatic rings. The maximum atomic E-state index is 13.9. The van der Waals surface area contributed by atoms with Gasteiger partial charge in [-0.3, -0.25) is 5.32 Å². The largest absolute Gasteiger partial charge is 0.496 e. The summed E-state index contributed by atoms with van der Waals surface area (Å²) in [5.41, 5.74) is 1.84. The van der Waals surface area contributed by atoms with Crippen LogP contribution in [0, 0.1) is 0 Å². The molecule has 0 saturated heterocycles. The summed E-state index contributed by atoms with van der Waals surface area (Å²) >= 11 is 0. The summed E-state index contributed by atoms with van der Waals surface area (Å²) in [6.07, 6.45) is 3.47. The predicted molar refractivity (Wildman–Crippen MR) is 149 cm³/mol. The number of ether oxygens (including phenoxy) is 1. The Balaban J connectivity index is 2.03. The normalized spacial score (nSPS) is 21.3. The molecule has 10 heteroatoms. The van der Waals surface area contributed by atoms with E-state index in [2.05, 4.69) is 24.5 Å². The number of methoxy groups -OCH3 is 1. The summed E-state index contributed by atoms with van der Waals surface area (Å²) in [6.45, 7) is 6.73. The lowest BCUT2D eigenvalue weighted by atomic mass is 9.88. The topological polar surface area (TPSA) is 117 Å². The molecule has 1 aliphatic rings. The third kappa shape index (κ3) is 7.51. The summed E-state index contributed by atoms with van der Waals surface area (Å²) in [5.74, 6) is 0.614. The van der Waals surface area contributed by atoms with Gasteiger partial charge in [0.25, 0.3) is 0 Å². The van der Waals surface area contributed by atoms with Gasteiger partial charge in [0.1, 0.15) is 5.75 Å². The fourth-order valence-corrected chi connectivity index (χ4v) is 8.14. The van der Waals surface area contributed by atoms with E-state index in [9.17, 15) is 18.2 Å². The van der Waals surface area contributed by atoms with E-state index in [4.69, 9.17) is 9.26 Å². The van der Waals surface area contributed by atoms with E-state index >= 15 is 0 Å². The first-order valence-electron chi connectivity index (χ1n) is 13.1. The lowest BCUT2D eigenvalue weighted by molar-refractivity contribution is 0.241. The molecule has 1 aliphatic heterocycles. The van der Waals surface area contributed by atoms with E-state index < -0.39 is 23.3 Å². The van der Waals surface area contributed by atoms with Crippen molar-refractivity contribution in [1.82, 2.24) is 10.6 Å². The number of fused-ring (bicyclic) bond motifs is 1. The van der Waals surface area contributed by atoms with E-state index in [0.29, 0.717) is 41.3 Å². The Kier molecular flexibility index (Phi) is 10.5. The molecule has 0 bridgehead atoms. The minimum Gasteiger partial charge on any atom is -0.496 e. The van der Waals surface area contributed by atoms with Crippen LogP contribution in [0.5, 0.6) is 5.75 Å². The Hall–Kier alpha value is -1.58. The first kappa shape index (κ1) is 30.0. The Morgan fingerprint density at radius 2 is 1.89 bits per heavy atom. The molecule has 4 N–H and O–H groups in total. The predicted octanol–water partition coefficient (Wildman–Crippen LogP) is 4.37. The van der Waals surface area contributed by atoms with Crippen LogP contribution >= 0.6 is 7.94 Å². The van der Waals surface area contributed by atoms with Crippen molar-refractivity contribution < 1.29 is 27.5 Å². The molecule has 2 atom stereocenters. The van der Waals surface area contributed by atoms with Crippen molar-refractivity contribution in [2.24, 2.45) is 0 Å². The van der Waals surface area contributed by atoms with E-state index in [0.717, 1.165) is 24.8 Å². The number of hydrogen-bond acceptors (Lipinski definition) is 8. The molecule has 206 valence electrons. The minimum atomic E-state index is -3.62. The van der Waals surface area contributed by atoms with Gasteiger partial charge in [0.15, 0.2) is 16.0 Å². The van der Waals surface area contributed by atoms with Gasteiger partial charge in [-0.25, -0.2) is 8.42 Å². The van der Waals surface area contributed by atoms with Crippen LogP contribution in [0.15, 0.2) is 47.4 Å². The van der Waals surface area contributed by atoms with E-state index in [1.54, 1.807) is 20.1 Å². The second kappa shape index (κ2) is 13.0. The lowest BCUT2D eigenvalue weighted by Crippen LogP contribution is -2.50. The molecule has 0 amide bonds. The first-order valence-corrected chi connectivity index (χ1v) is 16.5. The fraction of sp³-hybridized carbons (Fsp3) is 0.556. The maximum absolute atomic E-state index is 13.9. The van der Waals surface area contributed by atoms with Crippen molar-refractivity contribution in [1.29, 1.82) is 0 Å². The summed E-state index contributed by atoms with van der Waals surface area (Å²) < 4.78 is 38.6. The minimum absolute atomic E-state index is 0.0302. The molecule has 37 heavy (non-hydrogen) atoms. The SMILES string of the molecule is CCCC[C@]1(CC)CS(=O)(=O)c2cc(CNCC[P+](O)(O)OCC)c(OC)cc2[C@@H](c2ccccc2)N1. The standard InChI is InChI=1S/C27H42N2O6PS/c1-5-8-14-27(6-2)20-37(32,33)25-17-22(19-28-15-16-36(30,31)35-7-3)24(34-4)18-23(25)26(29-27)21-12-10-9-11-13-21/h9-13,17-18,26,28-31H,5-8,14-16,19-20H2,1-4H3/q+1/t26-,27-/m1/s1. The van der Waals surface area contributed by atoms with Crippen molar-refractivity contribution in [3.05, 3.63) is 59.2 Å². The zero-order chi connectivity index (χ0) is 27.1. The average Bonchev–Trinajstić information content (AvgIpc) is 2.97. The average molecular weight is 554 g/mol. The molecule has 8 nitrogen and oxygen atoms in total. The van der Waals surface area contributed by atoms with Crippen LogP contribution in [0.3, 0.4) is 0 Å². The highest BCUT2D eigenvalue weighted by molar-refractivity contribution is 7.91. The Morgan fingerprint density at radius 3 is 2.51 bits per heavy atom. The number of hydrogen-bond donors (Lipinski definition) is 4. The third-order valence-electron chi connectivity index (χ3n) is 7.03. The van der Waals surface area contributed by atoms with Gasteiger partial charge in [-0.05, 0) is 43.0 Å². The van der Waals surface area contributed by atoms with Crippen LogP contribution in [0.4, 0.5) is 0 Å². The number of benzene rings is 2. The highest BCUT2D eigenvalue weighted by Gasteiger charge is 2.42. The second-order valence-electron chi connectivity index (χ2n) is 9.67. The number of nitrogens with one attached hydrogen (secondary N) is 2. The van der Waals surface area contributed by atoms with Crippen LogP contribution in [0.2, 0.25) is 0 Å². The molecule has 0 fully saturated rings. The quantitative estimate of drug-likeness (QED) is 0.213. The molecule has 0 spiro atoms. The Bertz CT molecular complexity index is 1130. The smallest absolute Gasteiger partial charge is 0.407 e. The van der Waals surface area contributed by atoms with Gasteiger partial charge < -0.3 is 10.1 Å². The molecule has 3 rings (SSSR count). The van der Waals surface area contributed by atoms with Gasteiger partial charge in [0.2, 0.25) is 0 Å². The van der Waals surface area contributed by atoms with Crippen LogP contribution in [-0.2, 0) is 20.9 Å². The Labute approximate surface area is 222 Å². The summed E-state index contributed by atoms with van der Waals surface area (Å²) in [5, 5.41) is 6.95. The van der Waals surface area contributed by atoms with E-state index in [1.165, 1.54) is 0 Å². The van der Waals surface area contributed by atoms with Crippen LogP contribution in [0.1, 0.15) is 69.2 Å². The van der Waals surface area contributed by atoms with Gasteiger partial charge in [-0.2, -0.15) is 14.3 Å². The summed E-state index contributed by atoms with van der Waals surface area (Å²) in [7, 11) is -5.44. The number of sulfone groups is 1. The number of rotatable bonds is 13. The maximum Gasteiger partial charge on any atom is 0.407 e. The molecule has 2 aromatic carbocycles.